The number of nitrogens with one attached hydrogen (secondary N) is 1. The van der Waals surface area contributed by atoms with Crippen molar-refractivity contribution in [3.63, 3.8) is 0 Å². The second kappa shape index (κ2) is 4.29. The van der Waals surface area contributed by atoms with Gasteiger partial charge < -0.3 is 9.72 Å². The second-order valence-electron chi connectivity index (χ2n) is 3.78. The van der Waals surface area contributed by atoms with Gasteiger partial charge >= 0.3 is 0 Å². The summed E-state index contributed by atoms with van der Waals surface area (Å²) in [6.45, 7) is 0. The minimum absolute atomic E-state index is 0.232. The van der Waals surface area contributed by atoms with E-state index < -0.39 is 0 Å². The van der Waals surface area contributed by atoms with Gasteiger partial charge in [-0.2, -0.15) is 0 Å². The molecular weight excluding hydrogens is 228 g/mol. The molecule has 88 valence electrons. The van der Waals surface area contributed by atoms with Crippen LogP contribution in [0, 0.1) is 0 Å². The molecule has 0 bridgehead atoms. The quantitative estimate of drug-likeness (QED) is 0.742. The first-order valence-corrected chi connectivity index (χ1v) is 5.48. The van der Waals surface area contributed by atoms with Crippen LogP contribution >= 0.6 is 0 Å². The Morgan fingerprint density at radius 2 is 2.00 bits per heavy atom. The van der Waals surface area contributed by atoms with E-state index >= 15 is 0 Å². The monoisotopic (exact) mass is 238 g/mol. The van der Waals surface area contributed by atoms with Crippen LogP contribution in [-0.2, 0) is 0 Å². The second-order valence-corrected chi connectivity index (χ2v) is 3.78. The van der Waals surface area contributed by atoms with Gasteiger partial charge in [0.2, 0.25) is 0 Å². The molecule has 0 saturated heterocycles. The van der Waals surface area contributed by atoms with E-state index in [1.165, 1.54) is 0 Å². The highest BCUT2D eigenvalue weighted by molar-refractivity contribution is 6.03. The summed E-state index contributed by atoms with van der Waals surface area (Å²) in [5, 5.41) is 2.76. The summed E-state index contributed by atoms with van der Waals surface area (Å²) in [6.07, 6.45) is 6.80. The molecule has 1 N–H and O–H groups in total. The van der Waals surface area contributed by atoms with Crippen molar-refractivity contribution in [3.8, 4) is 0 Å². The van der Waals surface area contributed by atoms with Crippen molar-refractivity contribution in [3.05, 3.63) is 60.8 Å². The molecule has 18 heavy (non-hydrogen) atoms. The van der Waals surface area contributed by atoms with E-state index in [9.17, 15) is 4.79 Å². The number of aromatic nitrogens is 3. The van der Waals surface area contributed by atoms with Crippen molar-refractivity contribution in [1.29, 1.82) is 0 Å². The van der Waals surface area contributed by atoms with E-state index in [-0.39, 0.29) is 5.91 Å². The van der Waals surface area contributed by atoms with Gasteiger partial charge in [0.25, 0.3) is 5.91 Å². The minimum Gasteiger partial charge on any atom is -0.320 e. The molecule has 0 spiro atoms. The molecule has 5 heteroatoms. The lowest BCUT2D eigenvalue weighted by Crippen LogP contribution is -2.12. The van der Waals surface area contributed by atoms with E-state index in [1.54, 1.807) is 30.7 Å². The number of imidazole rings is 1. The summed E-state index contributed by atoms with van der Waals surface area (Å²) >= 11 is 0. The summed E-state index contributed by atoms with van der Waals surface area (Å²) in [5.74, 6) is -0.232. The lowest BCUT2D eigenvalue weighted by molar-refractivity contribution is 0.102. The van der Waals surface area contributed by atoms with Crippen LogP contribution in [0.25, 0.3) is 5.65 Å². The van der Waals surface area contributed by atoms with Crippen LogP contribution in [0.3, 0.4) is 0 Å². The Hall–Kier alpha value is -2.69. The number of hydrogen-bond acceptors (Lipinski definition) is 3. The highest BCUT2D eigenvalue weighted by atomic mass is 16.1. The third-order valence-corrected chi connectivity index (χ3v) is 2.53. The zero-order valence-corrected chi connectivity index (χ0v) is 9.45. The number of carbonyl (C=O) groups is 1. The molecule has 0 atom stereocenters. The van der Waals surface area contributed by atoms with Gasteiger partial charge in [-0.1, -0.05) is 6.07 Å². The zero-order chi connectivity index (χ0) is 12.4. The van der Waals surface area contributed by atoms with Crippen molar-refractivity contribution in [1.82, 2.24) is 14.4 Å². The average molecular weight is 238 g/mol. The third-order valence-electron chi connectivity index (χ3n) is 2.53. The highest BCUT2D eigenvalue weighted by Gasteiger charge is 2.10. The fourth-order valence-electron chi connectivity index (χ4n) is 1.67. The van der Waals surface area contributed by atoms with Gasteiger partial charge in [0.15, 0.2) is 0 Å². The normalized spacial score (nSPS) is 10.4. The number of fused-ring (bicyclic) bond motifs is 1. The molecule has 3 heterocycles. The zero-order valence-electron chi connectivity index (χ0n) is 9.45. The number of hydrogen-bond donors (Lipinski definition) is 1. The molecule has 3 aromatic heterocycles. The molecule has 0 fully saturated rings. The van der Waals surface area contributed by atoms with Gasteiger partial charge in [-0.3, -0.25) is 9.78 Å². The SMILES string of the molecule is O=C(Nc1ccncc1)c1cn2ccccc2n1. The molecule has 0 aromatic carbocycles. The molecule has 0 saturated carbocycles. The van der Waals surface area contributed by atoms with Gasteiger partial charge in [0, 0.05) is 30.5 Å². The van der Waals surface area contributed by atoms with Crippen molar-refractivity contribution in [2.75, 3.05) is 5.32 Å². The van der Waals surface area contributed by atoms with Gasteiger partial charge in [0.1, 0.15) is 11.3 Å². The van der Waals surface area contributed by atoms with Crippen molar-refractivity contribution < 1.29 is 4.79 Å². The van der Waals surface area contributed by atoms with Crippen molar-refractivity contribution in [2.24, 2.45) is 0 Å². The van der Waals surface area contributed by atoms with Gasteiger partial charge in [-0.25, -0.2) is 4.98 Å². The number of anilines is 1. The Balaban J connectivity index is 1.88. The first-order chi connectivity index (χ1) is 8.83. The maximum absolute atomic E-state index is 12.0. The molecule has 0 aliphatic heterocycles. The molecule has 1 amide bonds. The molecule has 0 aliphatic carbocycles. The number of carbonyl (C=O) groups excluding carboxylic acids is 1. The Morgan fingerprint density at radius 1 is 1.17 bits per heavy atom. The van der Waals surface area contributed by atoms with Crippen LogP contribution in [0.15, 0.2) is 55.1 Å². The largest absolute Gasteiger partial charge is 0.320 e. The van der Waals surface area contributed by atoms with Crippen LogP contribution in [0.4, 0.5) is 5.69 Å². The fraction of sp³-hybridized carbons (Fsp3) is 0. The van der Waals surface area contributed by atoms with Crippen molar-refractivity contribution in [2.45, 2.75) is 0 Å². The predicted molar refractivity (Wildman–Crippen MR) is 67.4 cm³/mol. The first kappa shape index (κ1) is 10.5. The van der Waals surface area contributed by atoms with Gasteiger partial charge in [0.05, 0.1) is 0 Å². The topological polar surface area (TPSA) is 59.3 Å². The summed E-state index contributed by atoms with van der Waals surface area (Å²) < 4.78 is 1.81. The predicted octanol–water partition coefficient (Wildman–Crippen LogP) is 1.98. The number of pyridine rings is 2. The van der Waals surface area contributed by atoms with Gasteiger partial charge in [-0.15, -0.1) is 0 Å². The molecule has 3 aromatic rings. The fourth-order valence-corrected chi connectivity index (χ4v) is 1.67. The summed E-state index contributed by atoms with van der Waals surface area (Å²) in [6, 6.07) is 9.08. The molecule has 0 radical (unpaired) electrons. The number of amides is 1. The van der Waals surface area contributed by atoms with E-state index in [4.69, 9.17) is 0 Å². The first-order valence-electron chi connectivity index (χ1n) is 5.48. The van der Waals surface area contributed by atoms with E-state index in [0.29, 0.717) is 11.4 Å². The average Bonchev–Trinajstić information content (AvgIpc) is 2.84. The lowest BCUT2D eigenvalue weighted by Gasteiger charge is -2.00. The Kier molecular flexibility index (Phi) is 2.49. The third kappa shape index (κ3) is 1.93. The smallest absolute Gasteiger partial charge is 0.275 e. The van der Waals surface area contributed by atoms with Crippen LogP contribution in [0.5, 0.6) is 0 Å². The number of rotatable bonds is 2. The van der Waals surface area contributed by atoms with Crippen LogP contribution in [-0.4, -0.2) is 20.3 Å². The summed E-state index contributed by atoms with van der Waals surface area (Å²) in [4.78, 5) is 20.1. The van der Waals surface area contributed by atoms with E-state index in [2.05, 4.69) is 15.3 Å². The Morgan fingerprint density at radius 3 is 2.78 bits per heavy atom. The van der Waals surface area contributed by atoms with Gasteiger partial charge in [-0.05, 0) is 24.3 Å². The molecule has 0 aliphatic rings. The van der Waals surface area contributed by atoms with Crippen LogP contribution in [0.1, 0.15) is 10.5 Å². The molecule has 3 rings (SSSR count). The number of nitrogens with zero attached hydrogens (tertiary/aromatic N) is 3. The van der Waals surface area contributed by atoms with Crippen molar-refractivity contribution >= 4 is 17.2 Å². The summed E-state index contributed by atoms with van der Waals surface area (Å²) in [5.41, 5.74) is 1.84. The standard InChI is InChI=1S/C13H10N4O/c18-13(15-10-4-6-14-7-5-10)11-9-17-8-2-1-3-12(17)16-11/h1-9H,(H,14,15,18). The molecule has 5 nitrogen and oxygen atoms in total. The minimum atomic E-state index is -0.232. The summed E-state index contributed by atoms with van der Waals surface area (Å²) in [7, 11) is 0. The van der Waals surface area contributed by atoms with E-state index in [1.807, 2.05) is 28.8 Å². The molecule has 0 unspecified atom stereocenters. The van der Waals surface area contributed by atoms with Crippen LogP contribution in [0.2, 0.25) is 0 Å². The van der Waals surface area contributed by atoms with Crippen LogP contribution < -0.4 is 5.32 Å². The lowest BCUT2D eigenvalue weighted by atomic mass is 10.3. The molecular formula is C13H10N4O. The maximum atomic E-state index is 12.0. The Labute approximate surface area is 103 Å². The van der Waals surface area contributed by atoms with E-state index in [0.717, 1.165) is 5.65 Å². The maximum Gasteiger partial charge on any atom is 0.275 e. The highest BCUT2D eigenvalue weighted by Crippen LogP contribution is 2.08. The Bertz CT molecular complexity index is 657.